The number of aliphatic hydroxyl groups excluding tert-OH is 1. The van der Waals surface area contributed by atoms with E-state index in [1.54, 1.807) is 4.90 Å². The molecule has 0 saturated carbocycles. The Morgan fingerprint density at radius 1 is 1.33 bits per heavy atom. The van der Waals surface area contributed by atoms with Crippen LogP contribution in [0.1, 0.15) is 0 Å². The third-order valence-electron chi connectivity index (χ3n) is 2.84. The van der Waals surface area contributed by atoms with E-state index in [0.29, 0.717) is 0 Å². The van der Waals surface area contributed by atoms with Gasteiger partial charge in [0.1, 0.15) is 0 Å². The van der Waals surface area contributed by atoms with Crippen LogP contribution in [0.5, 0.6) is 0 Å². The standard InChI is InChI=1S/C9H11Br2NO3/c1-15-9(14)12-4-2-3-5(12)7(11)8(13)6(4)10/h2-8,13H,1H3. The summed E-state index contributed by atoms with van der Waals surface area (Å²) in [5, 5.41) is 9.89. The van der Waals surface area contributed by atoms with Crippen molar-refractivity contribution in [2.75, 3.05) is 7.11 Å². The Morgan fingerprint density at radius 2 is 1.80 bits per heavy atom. The second-order valence-electron chi connectivity index (χ2n) is 3.62. The van der Waals surface area contributed by atoms with Crippen LogP contribution in [0.15, 0.2) is 12.2 Å². The Labute approximate surface area is 105 Å². The van der Waals surface area contributed by atoms with Crippen LogP contribution < -0.4 is 0 Å². The molecule has 2 aliphatic heterocycles. The molecule has 0 aromatic heterocycles. The van der Waals surface area contributed by atoms with Gasteiger partial charge in [0, 0.05) is 0 Å². The summed E-state index contributed by atoms with van der Waals surface area (Å²) in [4.78, 5) is 12.9. The molecule has 0 radical (unpaired) electrons. The molecule has 2 rings (SSSR count). The molecule has 1 amide bonds. The smallest absolute Gasteiger partial charge is 0.410 e. The van der Waals surface area contributed by atoms with Gasteiger partial charge in [-0.1, -0.05) is 44.0 Å². The number of nitrogens with zero attached hydrogens (tertiary/aromatic N) is 1. The van der Waals surface area contributed by atoms with Crippen molar-refractivity contribution in [3.8, 4) is 0 Å². The molecule has 1 fully saturated rings. The minimum atomic E-state index is -0.518. The van der Waals surface area contributed by atoms with Gasteiger partial charge in [-0.2, -0.15) is 0 Å². The summed E-state index contributed by atoms with van der Waals surface area (Å²) < 4.78 is 4.73. The van der Waals surface area contributed by atoms with Gasteiger partial charge in [-0.3, -0.25) is 4.90 Å². The van der Waals surface area contributed by atoms with Crippen molar-refractivity contribution >= 4 is 38.0 Å². The van der Waals surface area contributed by atoms with Crippen LogP contribution in [0.25, 0.3) is 0 Å². The lowest BCUT2D eigenvalue weighted by atomic mass is 9.99. The first-order valence-corrected chi connectivity index (χ1v) is 6.42. The number of fused-ring (bicyclic) bond motifs is 2. The van der Waals surface area contributed by atoms with Crippen molar-refractivity contribution in [2.24, 2.45) is 0 Å². The maximum Gasteiger partial charge on any atom is 0.410 e. The van der Waals surface area contributed by atoms with Crippen molar-refractivity contribution < 1.29 is 14.6 Å². The zero-order valence-corrected chi connectivity index (χ0v) is 11.2. The van der Waals surface area contributed by atoms with Gasteiger partial charge in [0.05, 0.1) is 35.0 Å². The zero-order chi connectivity index (χ0) is 11.2. The molecule has 2 aliphatic rings. The first-order chi connectivity index (χ1) is 7.07. The summed E-state index contributed by atoms with van der Waals surface area (Å²) in [6, 6.07) is -0.266. The second-order valence-corrected chi connectivity index (χ2v) is 5.74. The summed E-state index contributed by atoms with van der Waals surface area (Å²) in [6.45, 7) is 0. The summed E-state index contributed by atoms with van der Waals surface area (Å²) in [5.74, 6) is 0. The molecule has 0 spiro atoms. The molecule has 84 valence electrons. The Hall–Kier alpha value is -0.0700. The molecule has 6 heteroatoms. The van der Waals surface area contributed by atoms with Crippen LogP contribution >= 0.6 is 31.9 Å². The summed E-state index contributed by atoms with van der Waals surface area (Å²) in [5.41, 5.74) is 0. The van der Waals surface area contributed by atoms with Crippen LogP contribution in [-0.4, -0.2) is 51.1 Å². The maximum atomic E-state index is 11.6. The van der Waals surface area contributed by atoms with Gasteiger partial charge >= 0.3 is 6.09 Å². The molecule has 4 nitrogen and oxygen atoms in total. The van der Waals surface area contributed by atoms with Gasteiger partial charge in [0.15, 0.2) is 0 Å². The SMILES string of the molecule is COC(=O)N1C2C=CC1C(Br)C(O)C2Br. The minimum absolute atomic E-state index is 0.133. The van der Waals surface area contributed by atoms with Crippen LogP contribution in [-0.2, 0) is 4.74 Å². The highest BCUT2D eigenvalue weighted by Gasteiger charge is 2.50. The number of carbonyl (C=O) groups is 1. The van der Waals surface area contributed by atoms with Crippen molar-refractivity contribution in [1.82, 2.24) is 4.90 Å². The fourth-order valence-corrected chi connectivity index (χ4v) is 3.99. The number of amides is 1. The second kappa shape index (κ2) is 4.07. The zero-order valence-electron chi connectivity index (χ0n) is 8.01. The van der Waals surface area contributed by atoms with E-state index in [2.05, 4.69) is 31.9 Å². The van der Waals surface area contributed by atoms with Crippen molar-refractivity contribution in [3.63, 3.8) is 0 Å². The van der Waals surface area contributed by atoms with Crippen LogP contribution in [0.3, 0.4) is 0 Å². The van der Waals surface area contributed by atoms with E-state index in [1.807, 2.05) is 12.2 Å². The highest BCUT2D eigenvalue weighted by atomic mass is 79.9. The van der Waals surface area contributed by atoms with Crippen LogP contribution in [0.2, 0.25) is 0 Å². The first-order valence-electron chi connectivity index (χ1n) is 4.58. The largest absolute Gasteiger partial charge is 0.453 e. The van der Waals surface area contributed by atoms with Gasteiger partial charge in [0.25, 0.3) is 0 Å². The molecule has 4 unspecified atom stereocenters. The number of piperidine rings is 1. The molecule has 1 saturated heterocycles. The minimum Gasteiger partial charge on any atom is -0.453 e. The van der Waals surface area contributed by atoms with E-state index in [9.17, 15) is 9.90 Å². The molecular weight excluding hydrogens is 330 g/mol. The number of carbonyl (C=O) groups excluding carboxylic acids is 1. The van der Waals surface area contributed by atoms with Crippen LogP contribution in [0, 0.1) is 0 Å². The lowest BCUT2D eigenvalue weighted by molar-refractivity contribution is 0.0512. The predicted molar refractivity (Wildman–Crippen MR) is 62.4 cm³/mol. The van der Waals surface area contributed by atoms with Crippen LogP contribution in [0.4, 0.5) is 4.79 Å². The first kappa shape index (κ1) is 11.4. The summed E-state index contributed by atoms with van der Waals surface area (Å²) in [7, 11) is 1.36. The molecule has 4 atom stereocenters. The van der Waals surface area contributed by atoms with Crippen molar-refractivity contribution in [1.29, 1.82) is 0 Å². The molecule has 1 N–H and O–H groups in total. The van der Waals surface area contributed by atoms with Gasteiger partial charge in [-0.25, -0.2) is 4.79 Å². The lowest BCUT2D eigenvalue weighted by Gasteiger charge is -2.42. The lowest BCUT2D eigenvalue weighted by Crippen LogP contribution is -2.60. The van der Waals surface area contributed by atoms with Gasteiger partial charge in [-0.05, 0) is 0 Å². The number of rotatable bonds is 0. The van der Waals surface area contributed by atoms with E-state index in [0.717, 1.165) is 0 Å². The maximum absolute atomic E-state index is 11.6. The third kappa shape index (κ3) is 1.62. The number of hydrogen-bond acceptors (Lipinski definition) is 3. The third-order valence-corrected chi connectivity index (χ3v) is 5.00. The van der Waals surface area contributed by atoms with E-state index >= 15 is 0 Å². The van der Waals surface area contributed by atoms with E-state index in [1.165, 1.54) is 7.11 Å². The van der Waals surface area contributed by atoms with Gasteiger partial charge in [0.2, 0.25) is 0 Å². The van der Waals surface area contributed by atoms with Crippen molar-refractivity contribution in [2.45, 2.75) is 27.8 Å². The van der Waals surface area contributed by atoms with Gasteiger partial charge < -0.3 is 9.84 Å². The highest BCUT2D eigenvalue weighted by Crippen LogP contribution is 2.38. The normalized spacial score (nSPS) is 43.2. The number of hydrogen-bond donors (Lipinski definition) is 1. The molecule has 0 aromatic rings. The predicted octanol–water partition coefficient (Wildman–Crippen LogP) is 1.26. The molecule has 2 bridgehead atoms. The number of methoxy groups -OCH3 is 1. The van der Waals surface area contributed by atoms with E-state index in [4.69, 9.17) is 4.74 Å². The molecular formula is C9H11Br2NO3. The molecule has 15 heavy (non-hydrogen) atoms. The fraction of sp³-hybridized carbons (Fsp3) is 0.667. The number of halogens is 2. The van der Waals surface area contributed by atoms with Crippen molar-refractivity contribution in [3.05, 3.63) is 12.2 Å². The Kier molecular flexibility index (Phi) is 3.10. The average molecular weight is 341 g/mol. The summed E-state index contributed by atoms with van der Waals surface area (Å²) in [6.07, 6.45) is 2.96. The Bertz CT molecular complexity index is 290. The molecule has 0 aliphatic carbocycles. The van der Waals surface area contributed by atoms with Gasteiger partial charge in [-0.15, -0.1) is 0 Å². The van der Waals surface area contributed by atoms with E-state index in [-0.39, 0.29) is 27.8 Å². The number of aliphatic hydroxyl groups is 1. The average Bonchev–Trinajstić information content (AvgIpc) is 2.64. The monoisotopic (exact) mass is 339 g/mol. The highest BCUT2D eigenvalue weighted by molar-refractivity contribution is 9.10. The molecule has 2 heterocycles. The Morgan fingerprint density at radius 3 is 2.20 bits per heavy atom. The summed E-state index contributed by atoms with van der Waals surface area (Å²) >= 11 is 6.81. The molecule has 0 aromatic carbocycles. The fourth-order valence-electron chi connectivity index (χ4n) is 2.06. The Balaban J connectivity index is 2.28. The quantitative estimate of drug-likeness (QED) is 0.533. The number of ether oxygens (including phenoxy) is 1. The number of alkyl halides is 2. The van der Waals surface area contributed by atoms with E-state index < -0.39 is 6.10 Å². The topological polar surface area (TPSA) is 49.8 Å².